The van der Waals surface area contributed by atoms with Crippen LogP contribution in [-0.2, 0) is 9.53 Å². The summed E-state index contributed by atoms with van der Waals surface area (Å²) in [5.74, 6) is -0.963. The molecule has 1 atom stereocenters. The maximum Gasteiger partial charge on any atom is 0.308 e. The number of carbonyl (C=O) groups excluding carboxylic acids is 3. The van der Waals surface area contributed by atoms with Crippen LogP contribution in [0.5, 0.6) is 0 Å². The zero-order valence-electron chi connectivity index (χ0n) is 18.3. The number of amides is 2. The van der Waals surface area contributed by atoms with Gasteiger partial charge in [-0.25, -0.2) is 0 Å². The summed E-state index contributed by atoms with van der Waals surface area (Å²) >= 11 is 1.34. The number of anilines is 1. The Labute approximate surface area is 191 Å². The molecular weight excluding hydrogens is 424 g/mol. The van der Waals surface area contributed by atoms with E-state index in [9.17, 15) is 14.4 Å². The number of hydrogen-bond acceptors (Lipinski definition) is 5. The first-order valence-electron chi connectivity index (χ1n) is 10.3. The predicted octanol–water partition coefficient (Wildman–Crippen LogP) is 5.12. The Morgan fingerprint density at radius 2 is 1.72 bits per heavy atom. The molecule has 0 spiro atoms. The average molecular weight is 451 g/mol. The largest absolute Gasteiger partial charge is 0.463 e. The molecule has 7 heteroatoms. The normalized spacial score (nSPS) is 11.6. The molecule has 0 radical (unpaired) electrons. The molecular formula is C25H26N2O4S. The zero-order valence-corrected chi connectivity index (χ0v) is 19.1. The Bertz CT molecular complexity index is 1080. The molecule has 2 N–H and O–H groups in total. The molecule has 2 amide bonds. The molecule has 0 aliphatic carbocycles. The summed E-state index contributed by atoms with van der Waals surface area (Å²) in [6.45, 7) is 5.54. The van der Waals surface area contributed by atoms with E-state index in [-0.39, 0.29) is 30.3 Å². The van der Waals surface area contributed by atoms with E-state index >= 15 is 0 Å². The van der Waals surface area contributed by atoms with Gasteiger partial charge < -0.3 is 15.4 Å². The minimum atomic E-state index is -0.543. The predicted molar refractivity (Wildman–Crippen MR) is 126 cm³/mol. The van der Waals surface area contributed by atoms with Gasteiger partial charge in [-0.15, -0.1) is 11.3 Å². The van der Waals surface area contributed by atoms with Gasteiger partial charge in [0, 0.05) is 11.3 Å². The fraction of sp³-hybridized carbons (Fsp3) is 0.240. The Kier molecular flexibility index (Phi) is 7.78. The summed E-state index contributed by atoms with van der Waals surface area (Å²) in [7, 11) is 0. The Balaban J connectivity index is 1.75. The van der Waals surface area contributed by atoms with Crippen molar-refractivity contribution < 1.29 is 19.1 Å². The molecule has 3 rings (SSSR count). The molecule has 1 heterocycles. The van der Waals surface area contributed by atoms with E-state index in [2.05, 4.69) is 10.6 Å². The number of esters is 1. The molecule has 1 unspecified atom stereocenters. The van der Waals surface area contributed by atoms with E-state index in [1.165, 1.54) is 11.3 Å². The van der Waals surface area contributed by atoms with E-state index < -0.39 is 6.04 Å². The molecule has 0 aliphatic heterocycles. The van der Waals surface area contributed by atoms with Gasteiger partial charge in [0.2, 0.25) is 0 Å². The molecule has 166 valence electrons. The minimum absolute atomic E-state index is 0.0157. The molecule has 0 aliphatic rings. The number of hydrogen-bond donors (Lipinski definition) is 2. The van der Waals surface area contributed by atoms with Crippen LogP contribution < -0.4 is 10.6 Å². The van der Waals surface area contributed by atoms with E-state index in [0.29, 0.717) is 16.1 Å². The summed E-state index contributed by atoms with van der Waals surface area (Å²) in [5.41, 5.74) is 2.79. The molecule has 32 heavy (non-hydrogen) atoms. The monoisotopic (exact) mass is 450 g/mol. The van der Waals surface area contributed by atoms with Crippen LogP contribution in [0.1, 0.15) is 57.5 Å². The standard InChI is InChI=1S/C25H26N2O4S/c1-16(2)31-23(28)15-21(18-11-9-17(3)10-12-18)27-24(29)19-6-4-7-20(14-19)26-25(30)22-8-5-13-32-22/h4-14,16,21H,15H2,1-3H3,(H,26,30)(H,27,29). The molecule has 2 aromatic carbocycles. The Morgan fingerprint density at radius 1 is 0.969 bits per heavy atom. The second-order valence-electron chi connectivity index (χ2n) is 7.69. The molecule has 0 saturated carbocycles. The van der Waals surface area contributed by atoms with Crippen molar-refractivity contribution in [3.8, 4) is 0 Å². The van der Waals surface area contributed by atoms with Crippen LogP contribution in [-0.4, -0.2) is 23.9 Å². The van der Waals surface area contributed by atoms with Crippen LogP contribution in [0.3, 0.4) is 0 Å². The van der Waals surface area contributed by atoms with Crippen LogP contribution in [0, 0.1) is 6.92 Å². The van der Waals surface area contributed by atoms with Gasteiger partial charge in [-0.05, 0) is 56.0 Å². The fourth-order valence-electron chi connectivity index (χ4n) is 3.11. The van der Waals surface area contributed by atoms with Gasteiger partial charge in [0.15, 0.2) is 0 Å². The summed E-state index contributed by atoms with van der Waals surface area (Å²) < 4.78 is 5.27. The second-order valence-corrected chi connectivity index (χ2v) is 8.64. The van der Waals surface area contributed by atoms with Gasteiger partial charge in [-0.3, -0.25) is 14.4 Å². The number of nitrogens with one attached hydrogen (secondary N) is 2. The lowest BCUT2D eigenvalue weighted by atomic mass is 10.0. The maximum absolute atomic E-state index is 13.0. The lowest BCUT2D eigenvalue weighted by molar-refractivity contribution is -0.147. The first-order valence-corrected chi connectivity index (χ1v) is 11.2. The topological polar surface area (TPSA) is 84.5 Å². The van der Waals surface area contributed by atoms with Crippen molar-refractivity contribution in [2.75, 3.05) is 5.32 Å². The van der Waals surface area contributed by atoms with Crippen molar-refractivity contribution in [3.63, 3.8) is 0 Å². The first-order chi connectivity index (χ1) is 15.3. The summed E-state index contributed by atoms with van der Waals surface area (Å²) in [5, 5.41) is 7.56. The Hall–Kier alpha value is -3.45. The quantitative estimate of drug-likeness (QED) is 0.467. The highest BCUT2D eigenvalue weighted by atomic mass is 32.1. The number of ether oxygens (including phenoxy) is 1. The van der Waals surface area contributed by atoms with Gasteiger partial charge in [0.1, 0.15) is 0 Å². The van der Waals surface area contributed by atoms with Crippen molar-refractivity contribution in [1.82, 2.24) is 5.32 Å². The highest BCUT2D eigenvalue weighted by molar-refractivity contribution is 7.12. The molecule has 0 fully saturated rings. The van der Waals surface area contributed by atoms with E-state index in [4.69, 9.17) is 4.74 Å². The second kappa shape index (κ2) is 10.7. The third kappa shape index (κ3) is 6.52. The lowest BCUT2D eigenvalue weighted by Gasteiger charge is -2.20. The Morgan fingerprint density at radius 3 is 2.38 bits per heavy atom. The van der Waals surface area contributed by atoms with E-state index in [0.717, 1.165) is 11.1 Å². The van der Waals surface area contributed by atoms with Crippen LogP contribution >= 0.6 is 11.3 Å². The van der Waals surface area contributed by atoms with Gasteiger partial charge in [0.05, 0.1) is 23.4 Å². The minimum Gasteiger partial charge on any atom is -0.463 e. The number of thiophene rings is 1. The third-order valence-electron chi connectivity index (χ3n) is 4.65. The highest BCUT2D eigenvalue weighted by Crippen LogP contribution is 2.21. The molecule has 0 saturated heterocycles. The van der Waals surface area contributed by atoms with Crippen molar-refractivity contribution >= 4 is 34.8 Å². The number of benzene rings is 2. The van der Waals surface area contributed by atoms with Crippen molar-refractivity contribution in [1.29, 1.82) is 0 Å². The van der Waals surface area contributed by atoms with Crippen LogP contribution in [0.15, 0.2) is 66.0 Å². The summed E-state index contributed by atoms with van der Waals surface area (Å²) in [6, 6.07) is 17.3. The van der Waals surface area contributed by atoms with Gasteiger partial charge in [-0.2, -0.15) is 0 Å². The highest BCUT2D eigenvalue weighted by Gasteiger charge is 2.21. The summed E-state index contributed by atoms with van der Waals surface area (Å²) in [4.78, 5) is 38.2. The van der Waals surface area contributed by atoms with E-state index in [1.807, 2.05) is 36.6 Å². The number of carbonyl (C=O) groups is 3. The number of aryl methyl sites for hydroxylation is 1. The van der Waals surface area contributed by atoms with E-state index in [1.54, 1.807) is 50.2 Å². The molecule has 6 nitrogen and oxygen atoms in total. The first kappa shape index (κ1) is 23.2. The van der Waals surface area contributed by atoms with Gasteiger partial charge >= 0.3 is 5.97 Å². The summed E-state index contributed by atoms with van der Waals surface area (Å²) in [6.07, 6.45) is -0.220. The van der Waals surface area contributed by atoms with Crippen molar-refractivity contribution in [2.24, 2.45) is 0 Å². The van der Waals surface area contributed by atoms with Crippen LogP contribution in [0.4, 0.5) is 5.69 Å². The smallest absolute Gasteiger partial charge is 0.308 e. The molecule has 3 aromatic rings. The molecule has 0 bridgehead atoms. The maximum atomic E-state index is 13.0. The zero-order chi connectivity index (χ0) is 23.1. The van der Waals surface area contributed by atoms with Gasteiger partial charge in [0.25, 0.3) is 11.8 Å². The third-order valence-corrected chi connectivity index (χ3v) is 5.52. The van der Waals surface area contributed by atoms with Crippen LogP contribution in [0.2, 0.25) is 0 Å². The SMILES string of the molecule is Cc1ccc(C(CC(=O)OC(C)C)NC(=O)c2cccc(NC(=O)c3cccs3)c2)cc1. The van der Waals surface area contributed by atoms with Gasteiger partial charge in [-0.1, -0.05) is 42.0 Å². The number of rotatable bonds is 8. The average Bonchev–Trinajstić information content (AvgIpc) is 3.28. The van der Waals surface area contributed by atoms with Crippen molar-refractivity contribution in [3.05, 3.63) is 87.6 Å². The fourth-order valence-corrected chi connectivity index (χ4v) is 3.73. The van der Waals surface area contributed by atoms with Crippen LogP contribution in [0.25, 0.3) is 0 Å². The molecule has 1 aromatic heterocycles. The lowest BCUT2D eigenvalue weighted by Crippen LogP contribution is -2.31. The van der Waals surface area contributed by atoms with Crippen molar-refractivity contribution in [2.45, 2.75) is 39.3 Å².